The van der Waals surface area contributed by atoms with Gasteiger partial charge < -0.3 is 4.74 Å². The Morgan fingerprint density at radius 3 is 2.78 bits per heavy atom. The summed E-state index contributed by atoms with van der Waals surface area (Å²) in [5, 5.41) is 0. The Morgan fingerprint density at radius 2 is 2.11 bits per heavy atom. The number of Topliss-reactive ketones (excluding diaryl/α,β-unsaturated/α-hetero) is 1. The van der Waals surface area contributed by atoms with Crippen molar-refractivity contribution < 1.29 is 9.53 Å². The largest absolute Gasteiger partial charge is 0.489 e. The molecule has 0 amide bonds. The molecule has 0 heterocycles. The summed E-state index contributed by atoms with van der Waals surface area (Å²) >= 11 is 0. The highest BCUT2D eigenvalue weighted by Gasteiger charge is 2.57. The molecule has 1 spiro atoms. The molecule has 1 unspecified atom stereocenters. The van der Waals surface area contributed by atoms with E-state index < -0.39 is 0 Å². The molecule has 2 heteroatoms. The van der Waals surface area contributed by atoms with Gasteiger partial charge in [-0.1, -0.05) is 31.9 Å². The van der Waals surface area contributed by atoms with Gasteiger partial charge in [0, 0.05) is 6.42 Å². The predicted octanol–water partition coefficient (Wildman–Crippen LogP) is 3.53. The van der Waals surface area contributed by atoms with E-state index in [1.165, 1.54) is 18.4 Å². The molecule has 96 valence electrons. The highest BCUT2D eigenvalue weighted by atomic mass is 16.5. The first-order valence-corrected chi connectivity index (χ1v) is 7.03. The summed E-state index contributed by atoms with van der Waals surface area (Å²) in [6, 6.07) is 8.26. The quantitative estimate of drug-likeness (QED) is 0.813. The molecule has 0 bridgehead atoms. The normalized spacial score (nSPS) is 25.2. The van der Waals surface area contributed by atoms with Gasteiger partial charge in [0.25, 0.3) is 0 Å². The fraction of sp³-hybridized carbons (Fsp3) is 0.562. The Kier molecular flexibility index (Phi) is 2.89. The van der Waals surface area contributed by atoms with Gasteiger partial charge in [-0.2, -0.15) is 0 Å². The Hall–Kier alpha value is -1.31. The van der Waals surface area contributed by atoms with Crippen LogP contribution in [0, 0.1) is 5.41 Å². The molecule has 2 fully saturated rings. The molecule has 1 atom stereocenters. The van der Waals surface area contributed by atoms with Crippen LogP contribution in [0.25, 0.3) is 0 Å². The first-order valence-electron chi connectivity index (χ1n) is 7.03. The molecule has 1 aromatic rings. The Bertz CT molecular complexity index is 458. The summed E-state index contributed by atoms with van der Waals surface area (Å²) in [7, 11) is 0. The van der Waals surface area contributed by atoms with Crippen LogP contribution in [0.15, 0.2) is 24.3 Å². The molecule has 0 aromatic heterocycles. The number of hydrogen-bond acceptors (Lipinski definition) is 2. The van der Waals surface area contributed by atoms with Crippen LogP contribution in [-0.4, -0.2) is 11.9 Å². The fourth-order valence-corrected chi connectivity index (χ4v) is 3.38. The van der Waals surface area contributed by atoms with Crippen molar-refractivity contribution in [2.45, 2.75) is 51.6 Å². The molecular weight excluding hydrogens is 224 g/mol. The van der Waals surface area contributed by atoms with Crippen molar-refractivity contribution in [3.8, 4) is 5.75 Å². The standard InChI is InChI=1S/C16H20O2/c1-2-12-6-5-7-13(10-12)18-15-11-14(17)16(15)8-3-4-9-16/h5-7,10,15H,2-4,8-9,11H2,1H3. The maximum atomic E-state index is 11.9. The van der Waals surface area contributed by atoms with Crippen LogP contribution in [0.1, 0.15) is 44.6 Å². The van der Waals surface area contributed by atoms with E-state index in [0.29, 0.717) is 12.2 Å². The smallest absolute Gasteiger partial charge is 0.146 e. The van der Waals surface area contributed by atoms with Gasteiger partial charge in [0.2, 0.25) is 0 Å². The molecule has 0 saturated heterocycles. The highest BCUT2D eigenvalue weighted by molar-refractivity contribution is 5.92. The molecule has 0 radical (unpaired) electrons. The van der Waals surface area contributed by atoms with E-state index in [0.717, 1.165) is 25.0 Å². The van der Waals surface area contributed by atoms with Crippen LogP contribution in [0.5, 0.6) is 5.75 Å². The molecule has 3 rings (SSSR count). The summed E-state index contributed by atoms with van der Waals surface area (Å²) in [5.41, 5.74) is 1.17. The minimum Gasteiger partial charge on any atom is -0.489 e. The maximum Gasteiger partial charge on any atom is 0.146 e. The maximum absolute atomic E-state index is 11.9. The summed E-state index contributed by atoms with van der Waals surface area (Å²) in [4.78, 5) is 11.9. The minimum atomic E-state index is -0.123. The van der Waals surface area contributed by atoms with Crippen molar-refractivity contribution >= 4 is 5.78 Å². The number of ketones is 1. The number of aryl methyl sites for hydroxylation is 1. The van der Waals surface area contributed by atoms with Crippen molar-refractivity contribution in [1.82, 2.24) is 0 Å². The topological polar surface area (TPSA) is 26.3 Å². The third-order valence-electron chi connectivity index (χ3n) is 4.62. The van der Waals surface area contributed by atoms with Crippen molar-refractivity contribution in [2.24, 2.45) is 5.41 Å². The summed E-state index contributed by atoms with van der Waals surface area (Å²) in [6.45, 7) is 2.14. The zero-order chi connectivity index (χ0) is 12.6. The van der Waals surface area contributed by atoms with Crippen LogP contribution in [-0.2, 0) is 11.2 Å². The van der Waals surface area contributed by atoms with Crippen LogP contribution in [0.2, 0.25) is 0 Å². The van der Waals surface area contributed by atoms with Gasteiger partial charge >= 0.3 is 0 Å². The Morgan fingerprint density at radius 1 is 1.33 bits per heavy atom. The minimum absolute atomic E-state index is 0.123. The zero-order valence-electron chi connectivity index (χ0n) is 10.9. The van der Waals surface area contributed by atoms with Gasteiger partial charge in [0.1, 0.15) is 17.6 Å². The number of carbonyl (C=O) groups is 1. The molecular formula is C16H20O2. The van der Waals surface area contributed by atoms with Crippen molar-refractivity contribution in [1.29, 1.82) is 0 Å². The lowest BCUT2D eigenvalue weighted by Crippen LogP contribution is -2.55. The van der Waals surface area contributed by atoms with E-state index in [-0.39, 0.29) is 11.5 Å². The van der Waals surface area contributed by atoms with E-state index >= 15 is 0 Å². The summed E-state index contributed by atoms with van der Waals surface area (Å²) < 4.78 is 6.08. The van der Waals surface area contributed by atoms with Crippen molar-refractivity contribution in [2.75, 3.05) is 0 Å². The monoisotopic (exact) mass is 244 g/mol. The molecule has 2 aliphatic rings. The zero-order valence-corrected chi connectivity index (χ0v) is 10.9. The lowest BCUT2D eigenvalue weighted by atomic mass is 9.63. The second-order valence-corrected chi connectivity index (χ2v) is 5.60. The van der Waals surface area contributed by atoms with Gasteiger partial charge in [-0.15, -0.1) is 0 Å². The lowest BCUT2D eigenvalue weighted by molar-refractivity contribution is -0.151. The van der Waals surface area contributed by atoms with Crippen LogP contribution in [0.3, 0.4) is 0 Å². The van der Waals surface area contributed by atoms with Crippen molar-refractivity contribution in [3.63, 3.8) is 0 Å². The van der Waals surface area contributed by atoms with E-state index in [1.807, 2.05) is 12.1 Å². The molecule has 0 aliphatic heterocycles. The van der Waals surface area contributed by atoms with E-state index in [2.05, 4.69) is 19.1 Å². The Labute approximate surface area is 108 Å². The van der Waals surface area contributed by atoms with Crippen molar-refractivity contribution in [3.05, 3.63) is 29.8 Å². The van der Waals surface area contributed by atoms with Crippen LogP contribution < -0.4 is 4.74 Å². The van der Waals surface area contributed by atoms with E-state index in [9.17, 15) is 4.79 Å². The molecule has 1 aromatic carbocycles. The molecule has 18 heavy (non-hydrogen) atoms. The number of ether oxygens (including phenoxy) is 1. The molecule has 2 nitrogen and oxygen atoms in total. The second-order valence-electron chi connectivity index (χ2n) is 5.60. The predicted molar refractivity (Wildman–Crippen MR) is 70.8 cm³/mol. The summed E-state index contributed by atoms with van der Waals surface area (Å²) in [5.74, 6) is 1.36. The molecule has 2 saturated carbocycles. The van der Waals surface area contributed by atoms with Gasteiger partial charge in [-0.25, -0.2) is 0 Å². The molecule has 0 N–H and O–H groups in total. The number of benzene rings is 1. The second kappa shape index (κ2) is 4.42. The number of hydrogen-bond donors (Lipinski definition) is 0. The van der Waals surface area contributed by atoms with E-state index in [1.54, 1.807) is 0 Å². The number of rotatable bonds is 3. The van der Waals surface area contributed by atoms with Crippen LogP contribution in [0.4, 0.5) is 0 Å². The first-order chi connectivity index (χ1) is 8.74. The van der Waals surface area contributed by atoms with E-state index in [4.69, 9.17) is 4.74 Å². The lowest BCUT2D eigenvalue weighted by Gasteiger charge is -2.44. The summed E-state index contributed by atoms with van der Waals surface area (Å²) in [6.07, 6.45) is 6.18. The Balaban J connectivity index is 1.75. The van der Waals surface area contributed by atoms with Gasteiger partial charge in [0.05, 0.1) is 5.41 Å². The first kappa shape index (κ1) is 11.8. The third kappa shape index (κ3) is 1.75. The average Bonchev–Trinajstić information content (AvgIpc) is 2.91. The van der Waals surface area contributed by atoms with Gasteiger partial charge in [0.15, 0.2) is 0 Å². The van der Waals surface area contributed by atoms with Crippen LogP contribution >= 0.6 is 0 Å². The molecule has 2 aliphatic carbocycles. The number of carbonyl (C=O) groups excluding carboxylic acids is 1. The van der Waals surface area contributed by atoms with Gasteiger partial charge in [-0.3, -0.25) is 4.79 Å². The average molecular weight is 244 g/mol. The SMILES string of the molecule is CCc1cccc(OC2CC(=O)C23CCCC3)c1. The van der Waals surface area contributed by atoms with Gasteiger partial charge in [-0.05, 0) is 37.0 Å². The third-order valence-corrected chi connectivity index (χ3v) is 4.62. The highest BCUT2D eigenvalue weighted by Crippen LogP contribution is 2.51. The fourth-order valence-electron chi connectivity index (χ4n) is 3.38.